The van der Waals surface area contributed by atoms with Crippen LogP contribution in [0.3, 0.4) is 0 Å². The van der Waals surface area contributed by atoms with Crippen LogP contribution in [0.25, 0.3) is 0 Å². The van der Waals surface area contributed by atoms with Gasteiger partial charge in [-0.25, -0.2) is 14.0 Å². The van der Waals surface area contributed by atoms with Crippen LogP contribution >= 0.6 is 0 Å². The molecule has 0 bridgehead atoms. The number of rotatable bonds is 5. The van der Waals surface area contributed by atoms with E-state index in [0.717, 1.165) is 12.5 Å². The van der Waals surface area contributed by atoms with Gasteiger partial charge in [-0.05, 0) is 24.5 Å². The summed E-state index contributed by atoms with van der Waals surface area (Å²) in [6, 6.07) is 2.99. The minimum Gasteiger partial charge on any atom is -0.478 e. The van der Waals surface area contributed by atoms with Gasteiger partial charge in [0.05, 0.1) is 11.3 Å². The van der Waals surface area contributed by atoms with Crippen LogP contribution in [0.2, 0.25) is 0 Å². The van der Waals surface area contributed by atoms with Gasteiger partial charge in [0.1, 0.15) is 5.82 Å². The van der Waals surface area contributed by atoms with Gasteiger partial charge in [0, 0.05) is 6.54 Å². The number of hydrogen-bond donors (Lipinski definition) is 3. The normalized spacial score (nSPS) is 10.3. The van der Waals surface area contributed by atoms with Crippen LogP contribution in [0.1, 0.15) is 30.6 Å². The summed E-state index contributed by atoms with van der Waals surface area (Å²) in [7, 11) is 0. The standard InChI is InChI=1S/C13H17FN2O3/c1-8(2)6-7-15-13(19)16-11-9(12(17)18)4-3-5-10(11)14/h3-5,8H,6-7H2,1-2H3,(H,17,18)(H2,15,16,19). The van der Waals surface area contributed by atoms with Gasteiger partial charge in [-0.15, -0.1) is 0 Å². The third-order valence-electron chi connectivity index (χ3n) is 2.49. The molecule has 2 amide bonds. The van der Waals surface area contributed by atoms with Crippen molar-refractivity contribution in [1.82, 2.24) is 5.32 Å². The molecule has 0 aliphatic rings. The monoisotopic (exact) mass is 268 g/mol. The average molecular weight is 268 g/mol. The number of halogens is 1. The molecule has 0 radical (unpaired) electrons. The summed E-state index contributed by atoms with van der Waals surface area (Å²) >= 11 is 0. The molecule has 0 heterocycles. The Bertz CT molecular complexity index is 475. The molecule has 0 aromatic heterocycles. The molecule has 0 aliphatic carbocycles. The maximum atomic E-state index is 13.5. The average Bonchev–Trinajstić information content (AvgIpc) is 2.30. The number of carbonyl (C=O) groups is 2. The number of carboxylic acid groups (broad SMARTS) is 1. The Morgan fingerprint density at radius 1 is 1.37 bits per heavy atom. The number of carboxylic acids is 1. The lowest BCUT2D eigenvalue weighted by Crippen LogP contribution is -2.31. The van der Waals surface area contributed by atoms with Crippen molar-refractivity contribution in [2.75, 3.05) is 11.9 Å². The minimum absolute atomic E-state index is 0.279. The molecule has 6 heteroatoms. The van der Waals surface area contributed by atoms with Crippen molar-refractivity contribution < 1.29 is 19.1 Å². The number of para-hydroxylation sites is 1. The van der Waals surface area contributed by atoms with Crippen molar-refractivity contribution in [2.24, 2.45) is 5.92 Å². The van der Waals surface area contributed by atoms with E-state index >= 15 is 0 Å². The number of aromatic carboxylic acids is 1. The molecule has 0 fully saturated rings. The predicted octanol–water partition coefficient (Wildman–Crippen LogP) is 2.69. The summed E-state index contributed by atoms with van der Waals surface area (Å²) in [6.07, 6.45) is 0.788. The molecule has 1 aromatic carbocycles. The Hall–Kier alpha value is -2.11. The van der Waals surface area contributed by atoms with E-state index in [2.05, 4.69) is 10.6 Å². The number of benzene rings is 1. The summed E-state index contributed by atoms with van der Waals surface area (Å²) in [5, 5.41) is 13.7. The highest BCUT2D eigenvalue weighted by Crippen LogP contribution is 2.19. The third-order valence-corrected chi connectivity index (χ3v) is 2.49. The smallest absolute Gasteiger partial charge is 0.337 e. The van der Waals surface area contributed by atoms with Crippen LogP contribution in [0.15, 0.2) is 18.2 Å². The molecule has 1 rings (SSSR count). The van der Waals surface area contributed by atoms with E-state index in [9.17, 15) is 14.0 Å². The lowest BCUT2D eigenvalue weighted by molar-refractivity contribution is 0.0697. The predicted molar refractivity (Wildman–Crippen MR) is 69.8 cm³/mol. The number of carbonyl (C=O) groups excluding carboxylic acids is 1. The zero-order chi connectivity index (χ0) is 14.4. The molecule has 0 saturated carbocycles. The lowest BCUT2D eigenvalue weighted by Gasteiger charge is -2.11. The quantitative estimate of drug-likeness (QED) is 0.768. The van der Waals surface area contributed by atoms with Crippen molar-refractivity contribution in [3.05, 3.63) is 29.6 Å². The number of amides is 2. The first kappa shape index (κ1) is 14.9. The van der Waals surface area contributed by atoms with Crippen molar-refractivity contribution in [3.8, 4) is 0 Å². The molecular formula is C13H17FN2O3. The van der Waals surface area contributed by atoms with Gasteiger partial charge < -0.3 is 15.7 Å². The molecule has 0 atom stereocenters. The molecule has 0 spiro atoms. The molecular weight excluding hydrogens is 251 g/mol. The van der Waals surface area contributed by atoms with E-state index in [4.69, 9.17) is 5.11 Å². The molecule has 1 aromatic rings. The summed E-state index contributed by atoms with van der Waals surface area (Å²) in [4.78, 5) is 22.5. The van der Waals surface area contributed by atoms with E-state index in [1.54, 1.807) is 0 Å². The van der Waals surface area contributed by atoms with Crippen LogP contribution in [0.5, 0.6) is 0 Å². The highest BCUT2D eigenvalue weighted by molar-refractivity contribution is 6.00. The van der Waals surface area contributed by atoms with Crippen molar-refractivity contribution in [2.45, 2.75) is 20.3 Å². The third kappa shape index (κ3) is 4.57. The molecule has 104 valence electrons. The Labute approximate surface area is 110 Å². The van der Waals surface area contributed by atoms with Gasteiger partial charge in [-0.3, -0.25) is 0 Å². The van der Waals surface area contributed by atoms with Gasteiger partial charge >= 0.3 is 12.0 Å². The summed E-state index contributed by atoms with van der Waals surface area (Å²) in [5.74, 6) is -1.64. The maximum absolute atomic E-state index is 13.5. The van der Waals surface area contributed by atoms with Crippen LogP contribution < -0.4 is 10.6 Å². The van der Waals surface area contributed by atoms with Crippen molar-refractivity contribution >= 4 is 17.7 Å². The zero-order valence-electron chi connectivity index (χ0n) is 10.9. The number of hydrogen-bond acceptors (Lipinski definition) is 2. The number of anilines is 1. The van der Waals surface area contributed by atoms with Gasteiger partial charge in [0.2, 0.25) is 0 Å². The molecule has 19 heavy (non-hydrogen) atoms. The second-order valence-corrected chi connectivity index (χ2v) is 4.53. The fourth-order valence-electron chi connectivity index (χ4n) is 1.46. The van der Waals surface area contributed by atoms with Crippen molar-refractivity contribution in [1.29, 1.82) is 0 Å². The topological polar surface area (TPSA) is 78.4 Å². The molecule has 0 saturated heterocycles. The molecule has 3 N–H and O–H groups in total. The van der Waals surface area contributed by atoms with E-state index < -0.39 is 17.8 Å². The first-order chi connectivity index (χ1) is 8.91. The Kier molecular flexibility index (Phi) is 5.29. The van der Waals surface area contributed by atoms with E-state index in [1.807, 2.05) is 13.8 Å². The molecule has 0 aliphatic heterocycles. The zero-order valence-corrected chi connectivity index (χ0v) is 10.9. The minimum atomic E-state index is -1.29. The molecule has 0 unspecified atom stereocenters. The fourth-order valence-corrected chi connectivity index (χ4v) is 1.46. The Morgan fingerprint density at radius 2 is 2.05 bits per heavy atom. The van der Waals surface area contributed by atoms with Crippen LogP contribution in [-0.4, -0.2) is 23.7 Å². The SMILES string of the molecule is CC(C)CCNC(=O)Nc1c(F)cccc1C(=O)O. The van der Waals surface area contributed by atoms with Gasteiger partial charge in [-0.1, -0.05) is 19.9 Å². The first-order valence-corrected chi connectivity index (χ1v) is 5.98. The van der Waals surface area contributed by atoms with Gasteiger partial charge in [-0.2, -0.15) is 0 Å². The fraction of sp³-hybridized carbons (Fsp3) is 0.385. The molecule has 5 nitrogen and oxygen atoms in total. The largest absolute Gasteiger partial charge is 0.478 e. The number of urea groups is 1. The maximum Gasteiger partial charge on any atom is 0.337 e. The lowest BCUT2D eigenvalue weighted by atomic mass is 10.1. The highest BCUT2D eigenvalue weighted by atomic mass is 19.1. The second kappa shape index (κ2) is 6.72. The Morgan fingerprint density at radius 3 is 2.63 bits per heavy atom. The highest BCUT2D eigenvalue weighted by Gasteiger charge is 2.16. The summed E-state index contributed by atoms with van der Waals surface area (Å²) < 4.78 is 13.5. The van der Waals surface area contributed by atoms with Crippen LogP contribution in [0.4, 0.5) is 14.9 Å². The van der Waals surface area contributed by atoms with E-state index in [0.29, 0.717) is 12.5 Å². The van der Waals surface area contributed by atoms with Gasteiger partial charge in [0.15, 0.2) is 0 Å². The van der Waals surface area contributed by atoms with E-state index in [1.165, 1.54) is 12.1 Å². The first-order valence-electron chi connectivity index (χ1n) is 5.98. The summed E-state index contributed by atoms with van der Waals surface area (Å²) in [5.41, 5.74) is -0.601. The van der Waals surface area contributed by atoms with E-state index in [-0.39, 0.29) is 11.3 Å². The van der Waals surface area contributed by atoms with Crippen LogP contribution in [0, 0.1) is 11.7 Å². The second-order valence-electron chi connectivity index (χ2n) is 4.53. The number of nitrogens with one attached hydrogen (secondary N) is 2. The van der Waals surface area contributed by atoms with Crippen LogP contribution in [-0.2, 0) is 0 Å². The Balaban J connectivity index is 2.71. The van der Waals surface area contributed by atoms with Gasteiger partial charge in [0.25, 0.3) is 0 Å². The van der Waals surface area contributed by atoms with Crippen molar-refractivity contribution in [3.63, 3.8) is 0 Å². The summed E-state index contributed by atoms with van der Waals surface area (Å²) in [6.45, 7) is 4.47.